The second-order valence-corrected chi connectivity index (χ2v) is 15.8. The maximum atomic E-state index is 12.6. The van der Waals surface area contributed by atoms with Gasteiger partial charge in [-0.1, -0.05) is 187 Å². The maximum absolute atomic E-state index is 12.6. The first kappa shape index (κ1) is 48.0. The van der Waals surface area contributed by atoms with Crippen molar-refractivity contribution < 1.29 is 37.2 Å². The zero-order chi connectivity index (χ0) is 36.1. The lowest BCUT2D eigenvalue weighted by Crippen LogP contribution is -2.29. The Balaban J connectivity index is 4.07. The van der Waals surface area contributed by atoms with Gasteiger partial charge in [0.1, 0.15) is 6.61 Å². The lowest BCUT2D eigenvalue weighted by Gasteiger charge is -2.20. The van der Waals surface area contributed by atoms with Gasteiger partial charge in [-0.2, -0.15) is 0 Å². The fourth-order valence-corrected chi connectivity index (χ4v) is 6.79. The highest BCUT2D eigenvalue weighted by Gasteiger charge is 2.27. The highest BCUT2D eigenvalue weighted by Crippen LogP contribution is 2.47. The zero-order valence-corrected chi connectivity index (χ0v) is 33.5. The van der Waals surface area contributed by atoms with E-state index in [2.05, 4.69) is 13.8 Å². The number of ether oxygens (including phenoxy) is 2. The summed E-state index contributed by atoms with van der Waals surface area (Å²) in [5.74, 6) is -0.708. The van der Waals surface area contributed by atoms with Gasteiger partial charge in [-0.25, -0.2) is 4.57 Å². The molecule has 0 rings (SSSR count). The fourth-order valence-electron chi connectivity index (χ4n) is 6.08. The molecule has 0 bridgehead atoms. The predicted octanol–water partition coefficient (Wildman–Crippen LogP) is 13.0. The predicted molar refractivity (Wildman–Crippen MR) is 203 cm³/mol. The number of hydrogen-bond donors (Lipinski definition) is 0. The van der Waals surface area contributed by atoms with E-state index in [4.69, 9.17) is 23.0 Å². The minimum atomic E-state index is -3.76. The summed E-state index contributed by atoms with van der Waals surface area (Å²) in [5, 5.41) is 0. The van der Waals surface area contributed by atoms with E-state index in [0.29, 0.717) is 6.42 Å². The second-order valence-electron chi connectivity index (χ2n) is 13.9. The van der Waals surface area contributed by atoms with Crippen molar-refractivity contribution in [3.8, 4) is 0 Å². The maximum Gasteiger partial charge on any atom is 0.474 e. The van der Waals surface area contributed by atoms with E-state index in [-0.39, 0.29) is 31.6 Å². The Labute approximate surface area is 302 Å². The summed E-state index contributed by atoms with van der Waals surface area (Å²) in [6, 6.07) is 0. The van der Waals surface area contributed by atoms with Crippen LogP contribution in [-0.2, 0) is 37.2 Å². The van der Waals surface area contributed by atoms with Crippen LogP contribution in [0.1, 0.15) is 213 Å². The molecule has 0 fully saturated rings. The Morgan fingerprint density at radius 3 is 1.08 bits per heavy atom. The summed E-state index contributed by atoms with van der Waals surface area (Å²) in [6.45, 7) is 4.11. The molecule has 0 saturated carbocycles. The molecule has 0 radical (unpaired) electrons. The van der Waals surface area contributed by atoms with E-state index >= 15 is 0 Å². The number of esters is 2. The summed E-state index contributed by atoms with van der Waals surface area (Å²) >= 11 is 0. The van der Waals surface area contributed by atoms with Gasteiger partial charge in [-0.3, -0.25) is 23.2 Å². The van der Waals surface area contributed by atoms with Gasteiger partial charge in [0.15, 0.2) is 6.10 Å². The normalized spacial score (nSPS) is 12.3. The van der Waals surface area contributed by atoms with Crippen LogP contribution >= 0.6 is 7.82 Å². The Kier molecular flexibility index (Phi) is 36.1. The van der Waals surface area contributed by atoms with Crippen LogP contribution in [0.3, 0.4) is 0 Å². The van der Waals surface area contributed by atoms with Crippen molar-refractivity contribution in [2.24, 2.45) is 0 Å². The van der Waals surface area contributed by atoms with Crippen LogP contribution in [0, 0.1) is 0 Å². The molecular weight excluding hydrogens is 639 g/mol. The number of rotatable bonds is 39. The van der Waals surface area contributed by atoms with Crippen LogP contribution in [0.2, 0.25) is 0 Å². The van der Waals surface area contributed by atoms with Crippen molar-refractivity contribution in [1.82, 2.24) is 0 Å². The summed E-state index contributed by atoms with van der Waals surface area (Å²) in [6.07, 6.45) is 36.2. The number of carbonyl (C=O) groups excluding carboxylic acids is 2. The van der Waals surface area contributed by atoms with E-state index in [1.165, 1.54) is 162 Å². The van der Waals surface area contributed by atoms with Gasteiger partial charge in [-0.15, -0.1) is 0 Å². The topological polar surface area (TPSA) is 97.4 Å². The van der Waals surface area contributed by atoms with Crippen molar-refractivity contribution in [2.75, 3.05) is 27.4 Å². The third-order valence-corrected chi connectivity index (χ3v) is 10.7. The average molecular weight is 719 g/mol. The van der Waals surface area contributed by atoms with Crippen LogP contribution in [0.4, 0.5) is 0 Å². The molecule has 0 N–H and O–H groups in total. The molecule has 0 aliphatic heterocycles. The number of phosphoric ester groups is 1. The van der Waals surface area contributed by atoms with Gasteiger partial charge in [0.05, 0.1) is 6.61 Å². The average Bonchev–Trinajstić information content (AvgIpc) is 3.11. The van der Waals surface area contributed by atoms with Crippen molar-refractivity contribution in [3.63, 3.8) is 0 Å². The first-order valence-electron chi connectivity index (χ1n) is 20.6. The van der Waals surface area contributed by atoms with Crippen LogP contribution < -0.4 is 0 Å². The molecule has 0 amide bonds. The molecule has 0 heterocycles. The van der Waals surface area contributed by atoms with E-state index in [1.807, 2.05) is 0 Å². The van der Waals surface area contributed by atoms with Gasteiger partial charge < -0.3 is 9.47 Å². The number of phosphoric acid groups is 1. The van der Waals surface area contributed by atoms with Crippen LogP contribution in [-0.4, -0.2) is 45.5 Å². The minimum absolute atomic E-state index is 0.157. The van der Waals surface area contributed by atoms with E-state index in [1.54, 1.807) is 0 Å². The van der Waals surface area contributed by atoms with Crippen molar-refractivity contribution >= 4 is 19.8 Å². The highest BCUT2D eigenvalue weighted by molar-refractivity contribution is 7.48. The van der Waals surface area contributed by atoms with Crippen LogP contribution in [0.15, 0.2) is 0 Å². The molecule has 0 aromatic carbocycles. The number of unbranched alkanes of at least 4 members (excludes halogenated alkanes) is 27. The minimum Gasteiger partial charge on any atom is -0.462 e. The number of hydrogen-bond acceptors (Lipinski definition) is 8. The molecule has 0 aliphatic rings. The third-order valence-electron chi connectivity index (χ3n) is 9.31. The summed E-state index contributed by atoms with van der Waals surface area (Å²) in [4.78, 5) is 25.0. The van der Waals surface area contributed by atoms with Gasteiger partial charge in [-0.05, 0) is 12.8 Å². The van der Waals surface area contributed by atoms with Gasteiger partial charge >= 0.3 is 19.8 Å². The Morgan fingerprint density at radius 2 is 0.755 bits per heavy atom. The lowest BCUT2D eigenvalue weighted by atomic mass is 10.0. The Morgan fingerprint density at radius 1 is 0.449 bits per heavy atom. The Hall–Kier alpha value is -0.950. The van der Waals surface area contributed by atoms with Gasteiger partial charge in [0, 0.05) is 27.1 Å². The van der Waals surface area contributed by atoms with Crippen LogP contribution in [0.5, 0.6) is 0 Å². The molecule has 0 spiro atoms. The smallest absolute Gasteiger partial charge is 0.462 e. The number of carbonyl (C=O) groups is 2. The quantitative estimate of drug-likeness (QED) is 0.0352. The molecular formula is C40H79O8P. The van der Waals surface area contributed by atoms with Crippen LogP contribution in [0.25, 0.3) is 0 Å². The van der Waals surface area contributed by atoms with Gasteiger partial charge in [0.2, 0.25) is 0 Å². The molecule has 8 nitrogen and oxygen atoms in total. The molecule has 0 aliphatic carbocycles. The fraction of sp³-hybridized carbons (Fsp3) is 0.950. The molecule has 1 atom stereocenters. The summed E-state index contributed by atoms with van der Waals surface area (Å²) in [5.41, 5.74) is 0. The SMILES string of the molecule is CCCCCCCCCCCCCCCCCC(=O)OCC(COP(=O)(OC)OC)OC(=O)CCCCCCCCCCCCCCCC. The second kappa shape index (κ2) is 36.8. The first-order chi connectivity index (χ1) is 23.9. The summed E-state index contributed by atoms with van der Waals surface area (Å²) in [7, 11) is -1.32. The summed E-state index contributed by atoms with van der Waals surface area (Å²) < 4.78 is 38.3. The monoisotopic (exact) mass is 719 g/mol. The van der Waals surface area contributed by atoms with Crippen molar-refractivity contribution in [3.05, 3.63) is 0 Å². The van der Waals surface area contributed by atoms with E-state index in [0.717, 1.165) is 38.5 Å². The molecule has 49 heavy (non-hydrogen) atoms. The van der Waals surface area contributed by atoms with Gasteiger partial charge in [0.25, 0.3) is 0 Å². The first-order valence-corrected chi connectivity index (χ1v) is 22.1. The zero-order valence-electron chi connectivity index (χ0n) is 32.6. The largest absolute Gasteiger partial charge is 0.474 e. The molecule has 0 aromatic rings. The molecule has 0 saturated heterocycles. The highest BCUT2D eigenvalue weighted by atomic mass is 31.2. The molecule has 1 unspecified atom stereocenters. The van der Waals surface area contributed by atoms with E-state index in [9.17, 15) is 14.2 Å². The Bertz CT molecular complexity index is 769. The molecule has 9 heteroatoms. The van der Waals surface area contributed by atoms with Crippen molar-refractivity contribution in [2.45, 2.75) is 219 Å². The molecule has 292 valence electrons. The van der Waals surface area contributed by atoms with Crippen molar-refractivity contribution in [1.29, 1.82) is 0 Å². The third kappa shape index (κ3) is 33.9. The van der Waals surface area contributed by atoms with E-state index < -0.39 is 13.9 Å². The molecule has 0 aromatic heterocycles. The standard InChI is InChI=1S/C40H79O8P/c1-5-7-9-11-13-15-17-19-21-23-24-26-28-30-32-34-39(41)46-36-38(37-47-49(43,44-3)45-4)48-40(42)35-33-31-29-27-25-22-20-18-16-14-12-10-8-6-2/h38H,5-37H2,1-4H3. The lowest BCUT2D eigenvalue weighted by molar-refractivity contribution is -0.161.